The van der Waals surface area contributed by atoms with Crippen LogP contribution in [0.5, 0.6) is 0 Å². The number of urea groups is 1. The number of nitrogens with zero attached hydrogens (tertiary/aromatic N) is 2. The van der Waals surface area contributed by atoms with E-state index in [1.165, 1.54) is 4.90 Å². The number of carbonyl (C=O) groups excluding carboxylic acids is 1. The van der Waals surface area contributed by atoms with Crippen LogP contribution in [0.1, 0.15) is 20.3 Å². The summed E-state index contributed by atoms with van der Waals surface area (Å²) in [5.41, 5.74) is 0. The molecule has 20 heavy (non-hydrogen) atoms. The number of aliphatic hydroxyl groups excluding tert-OH is 1. The first kappa shape index (κ1) is 16.7. The minimum atomic E-state index is -1.04. The number of hydrogen-bond acceptors (Lipinski definition) is 4. The standard InChI is InChI=1S/C13H25N3O4/c1-8(2)11(12(18)19)14-13(20)16-7-10(17)5-9(16)6-15(3)4/h8-11,17H,5-7H2,1-4H3,(H,14,20)(H,18,19)/t9?,10?,11-/m1/s1. The molecule has 0 saturated carbocycles. The van der Waals surface area contributed by atoms with Gasteiger partial charge >= 0.3 is 12.0 Å². The van der Waals surface area contributed by atoms with Crippen LogP contribution in [0.3, 0.4) is 0 Å². The van der Waals surface area contributed by atoms with Gasteiger partial charge in [0.25, 0.3) is 0 Å². The van der Waals surface area contributed by atoms with Crippen molar-refractivity contribution >= 4 is 12.0 Å². The van der Waals surface area contributed by atoms with E-state index in [-0.39, 0.29) is 18.5 Å². The third-order valence-corrected chi connectivity index (χ3v) is 3.44. The van der Waals surface area contributed by atoms with Crippen molar-refractivity contribution in [3.8, 4) is 0 Å². The van der Waals surface area contributed by atoms with Crippen molar-refractivity contribution in [2.45, 2.75) is 38.5 Å². The quantitative estimate of drug-likeness (QED) is 0.651. The van der Waals surface area contributed by atoms with Crippen LogP contribution in [-0.2, 0) is 4.79 Å². The third-order valence-electron chi connectivity index (χ3n) is 3.44. The molecule has 0 aliphatic carbocycles. The van der Waals surface area contributed by atoms with Crippen LogP contribution in [-0.4, -0.2) is 77.4 Å². The first-order valence-corrected chi connectivity index (χ1v) is 6.85. The Labute approximate surface area is 119 Å². The smallest absolute Gasteiger partial charge is 0.326 e. The molecule has 7 nitrogen and oxygen atoms in total. The maximum Gasteiger partial charge on any atom is 0.326 e. The molecule has 0 aromatic heterocycles. The average molecular weight is 287 g/mol. The Morgan fingerprint density at radius 2 is 2.00 bits per heavy atom. The number of aliphatic carboxylic acids is 1. The molecule has 1 aliphatic heterocycles. The van der Waals surface area contributed by atoms with Crippen LogP contribution < -0.4 is 5.32 Å². The predicted molar refractivity (Wildman–Crippen MR) is 74.5 cm³/mol. The minimum absolute atomic E-state index is 0.0957. The normalized spacial score (nSPS) is 24.2. The summed E-state index contributed by atoms with van der Waals surface area (Å²) in [5, 5.41) is 21.4. The fourth-order valence-corrected chi connectivity index (χ4v) is 2.46. The Bertz CT molecular complexity index is 360. The second-order valence-corrected chi connectivity index (χ2v) is 5.97. The van der Waals surface area contributed by atoms with Gasteiger partial charge in [-0.1, -0.05) is 13.8 Å². The molecule has 0 bridgehead atoms. The number of hydrogen-bond donors (Lipinski definition) is 3. The lowest BCUT2D eigenvalue weighted by atomic mass is 10.1. The number of aliphatic hydroxyl groups is 1. The van der Waals surface area contributed by atoms with Crippen molar-refractivity contribution in [1.29, 1.82) is 0 Å². The Morgan fingerprint density at radius 3 is 2.45 bits per heavy atom. The molecule has 0 radical (unpaired) electrons. The van der Waals surface area contributed by atoms with Crippen molar-refractivity contribution in [3.63, 3.8) is 0 Å². The van der Waals surface area contributed by atoms with E-state index in [9.17, 15) is 14.7 Å². The van der Waals surface area contributed by atoms with E-state index in [4.69, 9.17) is 5.11 Å². The van der Waals surface area contributed by atoms with E-state index in [2.05, 4.69) is 5.32 Å². The minimum Gasteiger partial charge on any atom is -0.480 e. The van der Waals surface area contributed by atoms with Crippen LogP contribution in [0.4, 0.5) is 4.79 Å². The van der Waals surface area contributed by atoms with Gasteiger partial charge < -0.3 is 25.3 Å². The van der Waals surface area contributed by atoms with Gasteiger partial charge in [0, 0.05) is 19.1 Å². The molecule has 116 valence electrons. The second-order valence-electron chi connectivity index (χ2n) is 5.97. The number of nitrogens with one attached hydrogen (secondary N) is 1. The van der Waals surface area contributed by atoms with Gasteiger partial charge in [0.15, 0.2) is 0 Å². The molecule has 1 saturated heterocycles. The van der Waals surface area contributed by atoms with Gasteiger partial charge in [0.2, 0.25) is 0 Å². The fourth-order valence-electron chi connectivity index (χ4n) is 2.46. The molecular formula is C13H25N3O4. The number of β-amino-alcohol motifs (C(OH)–C–C–N with tert-alkyl or cyclic N) is 1. The van der Waals surface area contributed by atoms with Gasteiger partial charge in [-0.15, -0.1) is 0 Å². The summed E-state index contributed by atoms with van der Waals surface area (Å²) in [4.78, 5) is 26.8. The number of carboxylic acids is 1. The highest BCUT2D eigenvalue weighted by atomic mass is 16.4. The summed E-state index contributed by atoms with van der Waals surface area (Å²) in [6.07, 6.45) is -0.0293. The molecule has 3 atom stereocenters. The zero-order valence-electron chi connectivity index (χ0n) is 12.5. The summed E-state index contributed by atoms with van der Waals surface area (Å²) in [5.74, 6) is -1.24. The zero-order valence-corrected chi connectivity index (χ0v) is 12.5. The van der Waals surface area contributed by atoms with Gasteiger partial charge in [0.05, 0.1) is 6.10 Å². The summed E-state index contributed by atoms with van der Waals surface area (Å²) in [6.45, 7) is 4.38. The van der Waals surface area contributed by atoms with Gasteiger partial charge in [-0.3, -0.25) is 0 Å². The number of carbonyl (C=O) groups is 2. The average Bonchev–Trinajstić information content (AvgIpc) is 2.64. The molecule has 0 aromatic carbocycles. The lowest BCUT2D eigenvalue weighted by Crippen LogP contribution is -2.52. The van der Waals surface area contributed by atoms with Crippen LogP contribution >= 0.6 is 0 Å². The van der Waals surface area contributed by atoms with Crippen LogP contribution in [0.25, 0.3) is 0 Å². The van der Waals surface area contributed by atoms with Gasteiger partial charge in [-0.2, -0.15) is 0 Å². The largest absolute Gasteiger partial charge is 0.480 e. The van der Waals surface area contributed by atoms with Crippen molar-refractivity contribution in [3.05, 3.63) is 0 Å². The molecule has 1 aliphatic rings. The Morgan fingerprint density at radius 1 is 1.40 bits per heavy atom. The molecule has 7 heteroatoms. The van der Waals surface area contributed by atoms with Gasteiger partial charge in [-0.25, -0.2) is 9.59 Å². The van der Waals surface area contributed by atoms with Gasteiger partial charge in [-0.05, 0) is 26.4 Å². The van der Waals surface area contributed by atoms with Crippen LogP contribution in [0, 0.1) is 5.92 Å². The first-order valence-electron chi connectivity index (χ1n) is 6.85. The highest BCUT2D eigenvalue weighted by molar-refractivity contribution is 5.83. The number of amides is 2. The molecule has 1 heterocycles. The SMILES string of the molecule is CC(C)[C@@H](NC(=O)N1CC(O)CC1CN(C)C)C(=O)O. The molecule has 2 unspecified atom stereocenters. The molecular weight excluding hydrogens is 262 g/mol. The number of rotatable bonds is 5. The molecule has 1 fully saturated rings. The van der Waals surface area contributed by atoms with E-state index in [0.29, 0.717) is 13.0 Å². The molecule has 1 rings (SSSR count). The molecule has 2 amide bonds. The third kappa shape index (κ3) is 4.35. The molecule has 3 N–H and O–H groups in total. The lowest BCUT2D eigenvalue weighted by molar-refractivity contribution is -0.140. The number of likely N-dealkylation sites (N-methyl/N-ethyl adjacent to an activating group) is 1. The lowest BCUT2D eigenvalue weighted by Gasteiger charge is -2.29. The summed E-state index contributed by atoms with van der Waals surface area (Å²) in [6, 6.07) is -1.43. The topological polar surface area (TPSA) is 93.1 Å². The fraction of sp³-hybridized carbons (Fsp3) is 0.846. The van der Waals surface area contributed by atoms with E-state index >= 15 is 0 Å². The Kier molecular flexibility index (Phi) is 5.76. The summed E-state index contributed by atoms with van der Waals surface area (Å²) >= 11 is 0. The van der Waals surface area contributed by atoms with Gasteiger partial charge in [0.1, 0.15) is 6.04 Å². The molecule has 0 spiro atoms. The van der Waals surface area contributed by atoms with E-state index < -0.39 is 24.1 Å². The van der Waals surface area contributed by atoms with Crippen LogP contribution in [0.2, 0.25) is 0 Å². The van der Waals surface area contributed by atoms with E-state index in [1.54, 1.807) is 13.8 Å². The maximum absolute atomic E-state index is 12.2. The monoisotopic (exact) mass is 287 g/mol. The molecule has 0 aromatic rings. The Balaban J connectivity index is 2.71. The van der Waals surface area contributed by atoms with Crippen molar-refractivity contribution in [2.75, 3.05) is 27.2 Å². The predicted octanol–water partition coefficient (Wildman–Crippen LogP) is -0.198. The Hall–Kier alpha value is -1.34. The number of carboxylic acid groups (broad SMARTS) is 1. The van der Waals surface area contributed by atoms with Crippen molar-refractivity contribution < 1.29 is 19.8 Å². The van der Waals surface area contributed by atoms with Crippen molar-refractivity contribution in [2.24, 2.45) is 5.92 Å². The second kappa shape index (κ2) is 6.90. The summed E-state index contributed by atoms with van der Waals surface area (Å²) < 4.78 is 0. The van der Waals surface area contributed by atoms with Crippen molar-refractivity contribution in [1.82, 2.24) is 15.1 Å². The number of likely N-dealkylation sites (tertiary alicyclic amines) is 1. The summed E-state index contributed by atoms with van der Waals surface area (Å²) in [7, 11) is 3.80. The van der Waals surface area contributed by atoms with Crippen LogP contribution in [0.15, 0.2) is 0 Å². The van der Waals surface area contributed by atoms with E-state index in [1.807, 2.05) is 19.0 Å². The highest BCUT2D eigenvalue weighted by Gasteiger charge is 2.36. The maximum atomic E-state index is 12.2. The van der Waals surface area contributed by atoms with E-state index in [0.717, 1.165) is 0 Å². The zero-order chi connectivity index (χ0) is 15.4. The highest BCUT2D eigenvalue weighted by Crippen LogP contribution is 2.19. The first-order chi connectivity index (χ1) is 9.22.